The second kappa shape index (κ2) is 11.6. The molecule has 4 aromatic rings. The summed E-state index contributed by atoms with van der Waals surface area (Å²) in [5.41, 5.74) is 4.77. The molecule has 0 spiro atoms. The molecule has 0 fully saturated rings. The van der Waals surface area contributed by atoms with Gasteiger partial charge in [-0.2, -0.15) is 4.31 Å². The molecule has 2 heterocycles. The van der Waals surface area contributed by atoms with Gasteiger partial charge >= 0.3 is 0 Å². The van der Waals surface area contributed by atoms with Gasteiger partial charge in [-0.3, -0.25) is 4.79 Å². The highest BCUT2D eigenvalue weighted by molar-refractivity contribution is 7.89. The second-order valence-corrected chi connectivity index (χ2v) is 13.6. The van der Waals surface area contributed by atoms with E-state index in [0.717, 1.165) is 48.0 Å². The van der Waals surface area contributed by atoms with Crippen LogP contribution < -0.4 is 10.1 Å². The van der Waals surface area contributed by atoms with Gasteiger partial charge in [-0.25, -0.2) is 8.42 Å². The number of nitrogens with one attached hydrogen (secondary N) is 1. The van der Waals surface area contributed by atoms with Gasteiger partial charge in [0, 0.05) is 44.0 Å². The molecule has 0 saturated carbocycles. The van der Waals surface area contributed by atoms with Crippen LogP contribution in [0.1, 0.15) is 41.3 Å². The van der Waals surface area contributed by atoms with Crippen molar-refractivity contribution in [2.24, 2.45) is 0 Å². The highest BCUT2D eigenvalue weighted by Crippen LogP contribution is 2.35. The number of hydrogen-bond acceptors (Lipinski definition) is 5. The third-order valence-corrected chi connectivity index (χ3v) is 10.4. The number of nitrogens with zero attached hydrogens (tertiary/aromatic N) is 3. The summed E-state index contributed by atoms with van der Waals surface area (Å²) in [6.07, 6.45) is 4.60. The molecule has 1 amide bonds. The molecule has 0 saturated heterocycles. The van der Waals surface area contributed by atoms with Crippen LogP contribution in [0.5, 0.6) is 5.75 Å². The maximum atomic E-state index is 14.1. The molecular formula is C33H38N4O4S. The maximum Gasteiger partial charge on any atom is 0.243 e. The molecule has 8 nitrogen and oxygen atoms in total. The normalized spacial score (nSPS) is 19.0. The Bertz CT molecular complexity index is 1730. The van der Waals surface area contributed by atoms with E-state index in [1.54, 1.807) is 19.2 Å². The van der Waals surface area contributed by atoms with E-state index in [9.17, 15) is 13.2 Å². The number of aryl methyl sites for hydroxylation is 1. The molecular weight excluding hydrogens is 548 g/mol. The Kier molecular flexibility index (Phi) is 7.83. The lowest BCUT2D eigenvalue weighted by Gasteiger charge is -2.36. The first-order valence-corrected chi connectivity index (χ1v) is 15.9. The molecule has 2 aliphatic rings. The molecule has 1 aliphatic carbocycles. The molecule has 42 heavy (non-hydrogen) atoms. The highest BCUT2D eigenvalue weighted by Gasteiger charge is 2.38. The Morgan fingerprint density at radius 1 is 1.00 bits per heavy atom. The van der Waals surface area contributed by atoms with Crippen LogP contribution in [0.2, 0.25) is 0 Å². The van der Waals surface area contributed by atoms with E-state index >= 15 is 0 Å². The van der Waals surface area contributed by atoms with Gasteiger partial charge in [-0.05, 0) is 97.2 Å². The van der Waals surface area contributed by atoms with Crippen molar-refractivity contribution in [2.75, 3.05) is 27.7 Å². The Morgan fingerprint density at radius 3 is 2.62 bits per heavy atom. The number of hydrogen-bond donors (Lipinski definition) is 1. The average molecular weight is 587 g/mol. The first-order chi connectivity index (χ1) is 20.2. The van der Waals surface area contributed by atoms with Crippen molar-refractivity contribution in [3.8, 4) is 5.75 Å². The second-order valence-electron chi connectivity index (χ2n) is 11.7. The van der Waals surface area contributed by atoms with Gasteiger partial charge in [-0.1, -0.05) is 30.3 Å². The fourth-order valence-corrected chi connectivity index (χ4v) is 8.05. The summed E-state index contributed by atoms with van der Waals surface area (Å²) in [5.74, 6) is 0.592. The third-order valence-electron chi connectivity index (χ3n) is 8.48. The number of methoxy groups -OCH3 is 1. The molecule has 2 atom stereocenters. The molecule has 0 bridgehead atoms. The molecule has 2 unspecified atom stereocenters. The number of fused-ring (bicyclic) bond motifs is 3. The predicted octanol–water partition coefficient (Wildman–Crippen LogP) is 4.52. The van der Waals surface area contributed by atoms with Gasteiger partial charge in [0.1, 0.15) is 5.75 Å². The predicted molar refractivity (Wildman–Crippen MR) is 164 cm³/mol. The van der Waals surface area contributed by atoms with Crippen molar-refractivity contribution in [3.05, 3.63) is 95.3 Å². The van der Waals surface area contributed by atoms with E-state index in [2.05, 4.69) is 47.1 Å². The van der Waals surface area contributed by atoms with E-state index < -0.39 is 16.1 Å². The summed E-state index contributed by atoms with van der Waals surface area (Å²) in [6.45, 7) is 1.75. The smallest absolute Gasteiger partial charge is 0.243 e. The van der Waals surface area contributed by atoms with Gasteiger partial charge in [0.25, 0.3) is 0 Å². The lowest BCUT2D eigenvalue weighted by molar-refractivity contribution is -0.123. The van der Waals surface area contributed by atoms with Gasteiger partial charge in [-0.15, -0.1) is 0 Å². The van der Waals surface area contributed by atoms with Crippen molar-refractivity contribution in [1.29, 1.82) is 0 Å². The van der Waals surface area contributed by atoms with Gasteiger partial charge in [0.05, 0.1) is 18.0 Å². The molecule has 1 aromatic heterocycles. The zero-order valence-corrected chi connectivity index (χ0v) is 25.2. The quantitative estimate of drug-likeness (QED) is 0.328. The van der Waals surface area contributed by atoms with Gasteiger partial charge in [0.15, 0.2) is 0 Å². The third kappa shape index (κ3) is 5.69. The number of carbonyl (C=O) groups is 1. The fourth-order valence-electron chi connectivity index (χ4n) is 6.42. The molecule has 9 heteroatoms. The Labute approximate surface area is 247 Å². The Morgan fingerprint density at radius 2 is 1.81 bits per heavy atom. The monoisotopic (exact) mass is 586 g/mol. The van der Waals surface area contributed by atoms with Crippen LogP contribution in [0.3, 0.4) is 0 Å². The Hall–Kier alpha value is -3.66. The number of benzene rings is 3. The molecule has 1 N–H and O–H groups in total. The van der Waals surface area contributed by atoms with Gasteiger partial charge in [0.2, 0.25) is 15.9 Å². The molecule has 220 valence electrons. The van der Waals surface area contributed by atoms with Gasteiger partial charge < -0.3 is 19.5 Å². The molecule has 1 aliphatic heterocycles. The topological polar surface area (TPSA) is 83.9 Å². The lowest BCUT2D eigenvalue weighted by Crippen LogP contribution is -2.45. The van der Waals surface area contributed by atoms with Crippen LogP contribution in [-0.4, -0.2) is 61.9 Å². The Balaban J connectivity index is 1.20. The molecule has 0 radical (unpaired) electrons. The number of aromatic nitrogens is 1. The van der Waals surface area contributed by atoms with E-state index in [4.69, 9.17) is 4.74 Å². The standard InChI is InChI=1S/C33H38N4O4S/c1-35(2)22-23-6-7-25-18-28(11-8-24(25)17-23)34-33(38)21-32-31-5-4-14-36(31)15-16-37(32)42(39,40)30-13-10-26-19-29(41-3)12-9-27(26)20-30/h4-7,9-10,12-14,17,19-20,28,32H,8,11,15-16,18,21-22H2,1-3H3,(H,34,38). The van der Waals surface area contributed by atoms with Crippen molar-refractivity contribution >= 4 is 26.7 Å². The minimum Gasteiger partial charge on any atom is -0.497 e. The number of ether oxygens (including phenoxy) is 1. The van der Waals surface area contributed by atoms with Crippen LogP contribution in [0, 0.1) is 0 Å². The van der Waals surface area contributed by atoms with Crippen LogP contribution in [0.15, 0.2) is 77.8 Å². The van der Waals surface area contributed by atoms with Crippen LogP contribution in [0.25, 0.3) is 10.8 Å². The lowest BCUT2D eigenvalue weighted by atomic mass is 9.87. The van der Waals surface area contributed by atoms with Crippen molar-refractivity contribution < 1.29 is 17.9 Å². The van der Waals surface area contributed by atoms with E-state index in [-0.39, 0.29) is 23.3 Å². The summed E-state index contributed by atoms with van der Waals surface area (Å²) in [7, 11) is 1.88. The number of sulfonamides is 1. The number of rotatable bonds is 8. The molecule has 3 aromatic carbocycles. The van der Waals surface area contributed by atoms with E-state index in [1.165, 1.54) is 21.0 Å². The van der Waals surface area contributed by atoms with Crippen LogP contribution >= 0.6 is 0 Å². The van der Waals surface area contributed by atoms with Crippen molar-refractivity contribution in [3.63, 3.8) is 0 Å². The van der Waals surface area contributed by atoms with E-state index in [0.29, 0.717) is 13.1 Å². The summed E-state index contributed by atoms with van der Waals surface area (Å²) in [4.78, 5) is 15.9. The average Bonchev–Trinajstić information content (AvgIpc) is 3.46. The van der Waals surface area contributed by atoms with Crippen molar-refractivity contribution in [2.45, 2.75) is 55.8 Å². The number of amides is 1. The zero-order valence-electron chi connectivity index (χ0n) is 24.4. The summed E-state index contributed by atoms with van der Waals surface area (Å²) in [5, 5.41) is 4.95. The van der Waals surface area contributed by atoms with Crippen molar-refractivity contribution in [1.82, 2.24) is 19.1 Å². The summed E-state index contributed by atoms with van der Waals surface area (Å²) in [6, 6.07) is 20.7. The van der Waals surface area contributed by atoms with Crippen LogP contribution in [0.4, 0.5) is 0 Å². The molecule has 6 rings (SSSR count). The maximum absolute atomic E-state index is 14.1. The fraction of sp³-hybridized carbons (Fsp3) is 0.364. The van der Waals surface area contributed by atoms with E-state index in [1.807, 2.05) is 42.6 Å². The van der Waals surface area contributed by atoms with Crippen LogP contribution in [-0.2, 0) is 40.7 Å². The summed E-state index contributed by atoms with van der Waals surface area (Å²) < 4.78 is 37.0. The first kappa shape index (κ1) is 28.5. The zero-order chi connectivity index (χ0) is 29.4. The first-order valence-electron chi connectivity index (χ1n) is 14.5. The highest BCUT2D eigenvalue weighted by atomic mass is 32.2. The number of carbonyl (C=O) groups excluding carboxylic acids is 1. The summed E-state index contributed by atoms with van der Waals surface area (Å²) >= 11 is 0. The largest absolute Gasteiger partial charge is 0.497 e. The minimum atomic E-state index is -3.87. The SMILES string of the molecule is COc1ccc2cc(S(=O)(=O)N3CCn4cccc4C3CC(=O)NC3CCc4cc(CN(C)C)ccc4C3)ccc2c1. The minimum absolute atomic E-state index is 0.0302.